The Balaban J connectivity index is 2.12. The molecule has 0 aliphatic rings. The number of hydrogen-bond donors (Lipinski definition) is 0. The maximum absolute atomic E-state index is 6.47. The maximum Gasteiger partial charge on any atom is 0.105 e. The lowest BCUT2D eigenvalue weighted by Gasteiger charge is -2.10. The van der Waals surface area contributed by atoms with Crippen molar-refractivity contribution >= 4 is 11.6 Å². The molecule has 0 aliphatic carbocycles. The molecule has 1 aromatic heterocycles. The van der Waals surface area contributed by atoms with E-state index in [9.17, 15) is 0 Å². The molecule has 1 unspecified atom stereocenters. The van der Waals surface area contributed by atoms with Crippen molar-refractivity contribution in [2.75, 3.05) is 0 Å². The summed E-state index contributed by atoms with van der Waals surface area (Å²) in [6.07, 6.45) is 5.31. The van der Waals surface area contributed by atoms with Crippen LogP contribution in [0, 0.1) is 6.92 Å². The number of halogens is 1. The van der Waals surface area contributed by atoms with Gasteiger partial charge in [-0.05, 0) is 37.0 Å². The number of unbranched alkanes of at least 4 members (excludes halogenated alkanes) is 1. The summed E-state index contributed by atoms with van der Waals surface area (Å²) in [5.41, 5.74) is 3.56. The summed E-state index contributed by atoms with van der Waals surface area (Å²) in [6, 6.07) is 10.5. The summed E-state index contributed by atoms with van der Waals surface area (Å²) in [5.74, 6) is 0.894. The molecule has 0 spiro atoms. The van der Waals surface area contributed by atoms with Crippen LogP contribution in [0.25, 0.3) is 0 Å². The molecule has 0 amide bonds. The van der Waals surface area contributed by atoms with Crippen molar-refractivity contribution in [3.8, 4) is 0 Å². The molecule has 2 heteroatoms. The first-order valence-electron chi connectivity index (χ1n) is 6.49. The average molecular weight is 263 g/mol. The number of aryl methyl sites for hydroxylation is 2. The van der Waals surface area contributed by atoms with Gasteiger partial charge in [-0.25, -0.2) is 0 Å². The van der Waals surface area contributed by atoms with Gasteiger partial charge in [0.25, 0.3) is 0 Å². The molecule has 0 saturated heterocycles. The fourth-order valence-corrected chi connectivity index (χ4v) is 2.44. The largest absolute Gasteiger partial charge is 0.469 e. The lowest BCUT2D eigenvalue weighted by Crippen LogP contribution is -1.94. The van der Waals surface area contributed by atoms with Crippen LogP contribution in [0.5, 0.6) is 0 Å². The molecule has 96 valence electrons. The van der Waals surface area contributed by atoms with Gasteiger partial charge < -0.3 is 4.42 Å². The zero-order valence-corrected chi connectivity index (χ0v) is 11.7. The smallest absolute Gasteiger partial charge is 0.105 e. The Morgan fingerprint density at radius 3 is 2.44 bits per heavy atom. The molecule has 0 fully saturated rings. The van der Waals surface area contributed by atoms with Gasteiger partial charge >= 0.3 is 0 Å². The van der Waals surface area contributed by atoms with Gasteiger partial charge in [-0.2, -0.15) is 0 Å². The predicted octanol–water partition coefficient (Wildman–Crippen LogP) is 5.26. The third kappa shape index (κ3) is 2.97. The normalized spacial score (nSPS) is 12.6. The van der Waals surface area contributed by atoms with Crippen LogP contribution < -0.4 is 0 Å². The Labute approximate surface area is 114 Å². The van der Waals surface area contributed by atoms with Crippen LogP contribution in [0.2, 0.25) is 0 Å². The molecule has 1 nitrogen and oxygen atoms in total. The number of hydrogen-bond acceptors (Lipinski definition) is 1. The molecule has 1 aromatic carbocycles. The molecular weight excluding hydrogens is 244 g/mol. The third-order valence-electron chi connectivity index (χ3n) is 3.26. The van der Waals surface area contributed by atoms with Crippen LogP contribution >= 0.6 is 11.6 Å². The molecule has 1 atom stereocenters. The molecule has 0 N–H and O–H groups in total. The van der Waals surface area contributed by atoms with Gasteiger partial charge in [-0.15, -0.1) is 11.6 Å². The minimum atomic E-state index is -0.121. The summed E-state index contributed by atoms with van der Waals surface area (Å²) < 4.78 is 5.30. The number of benzene rings is 1. The fourth-order valence-electron chi connectivity index (χ4n) is 2.07. The van der Waals surface area contributed by atoms with Gasteiger partial charge in [0.2, 0.25) is 0 Å². The molecule has 18 heavy (non-hydrogen) atoms. The van der Waals surface area contributed by atoms with Gasteiger partial charge in [0.15, 0.2) is 0 Å². The maximum atomic E-state index is 6.47. The molecule has 2 aromatic rings. The Morgan fingerprint density at radius 2 is 1.89 bits per heavy atom. The van der Waals surface area contributed by atoms with Crippen molar-refractivity contribution in [1.82, 2.24) is 0 Å². The van der Waals surface area contributed by atoms with E-state index in [1.807, 2.05) is 13.0 Å². The molecule has 2 rings (SSSR count). The van der Waals surface area contributed by atoms with Crippen LogP contribution in [0.15, 0.2) is 41.0 Å². The highest BCUT2D eigenvalue weighted by molar-refractivity contribution is 6.22. The second-order valence-corrected chi connectivity index (χ2v) is 5.08. The standard InChI is InChI=1S/C16H19ClO/c1-3-4-5-13-6-8-14(9-7-13)16(17)15-10-11-18-12(15)2/h6-11,16H,3-5H2,1-2H3. The molecular formula is C16H19ClO. The molecule has 1 heterocycles. The average Bonchev–Trinajstić information content (AvgIpc) is 2.82. The van der Waals surface area contributed by atoms with E-state index in [4.69, 9.17) is 16.0 Å². The van der Waals surface area contributed by atoms with E-state index < -0.39 is 0 Å². The number of alkyl halides is 1. The van der Waals surface area contributed by atoms with Gasteiger partial charge in [0.05, 0.1) is 11.6 Å². The lowest BCUT2D eigenvalue weighted by atomic mass is 10.0. The lowest BCUT2D eigenvalue weighted by molar-refractivity contribution is 0.530. The van der Waals surface area contributed by atoms with Crippen LogP contribution in [-0.2, 0) is 6.42 Å². The second kappa shape index (κ2) is 6.10. The van der Waals surface area contributed by atoms with Gasteiger partial charge in [0, 0.05) is 5.56 Å². The van der Waals surface area contributed by atoms with Crippen molar-refractivity contribution in [2.24, 2.45) is 0 Å². The first-order valence-corrected chi connectivity index (χ1v) is 6.93. The highest BCUT2D eigenvalue weighted by Gasteiger charge is 2.14. The number of rotatable bonds is 5. The molecule has 0 bridgehead atoms. The highest BCUT2D eigenvalue weighted by Crippen LogP contribution is 2.31. The van der Waals surface area contributed by atoms with Crippen molar-refractivity contribution < 1.29 is 4.42 Å². The van der Waals surface area contributed by atoms with Crippen molar-refractivity contribution in [1.29, 1.82) is 0 Å². The Bertz CT molecular complexity index is 484. The van der Waals surface area contributed by atoms with Gasteiger partial charge in [-0.3, -0.25) is 0 Å². The first kappa shape index (κ1) is 13.2. The summed E-state index contributed by atoms with van der Waals surface area (Å²) >= 11 is 6.47. The van der Waals surface area contributed by atoms with Gasteiger partial charge in [0.1, 0.15) is 5.76 Å². The second-order valence-electron chi connectivity index (χ2n) is 4.64. The summed E-state index contributed by atoms with van der Waals surface area (Å²) in [4.78, 5) is 0. The van der Waals surface area contributed by atoms with E-state index in [2.05, 4.69) is 31.2 Å². The van der Waals surface area contributed by atoms with Crippen LogP contribution in [0.3, 0.4) is 0 Å². The topological polar surface area (TPSA) is 13.1 Å². The summed E-state index contributed by atoms with van der Waals surface area (Å²) in [7, 11) is 0. The quantitative estimate of drug-likeness (QED) is 0.670. The SMILES string of the molecule is CCCCc1ccc(C(Cl)c2ccoc2C)cc1. The summed E-state index contributed by atoms with van der Waals surface area (Å²) in [6.45, 7) is 4.16. The van der Waals surface area contributed by atoms with Gasteiger partial charge in [-0.1, -0.05) is 37.6 Å². The van der Waals surface area contributed by atoms with Crippen LogP contribution in [0.4, 0.5) is 0 Å². The van der Waals surface area contributed by atoms with Crippen molar-refractivity contribution in [2.45, 2.75) is 38.5 Å². The zero-order valence-electron chi connectivity index (χ0n) is 10.9. The molecule has 0 saturated carbocycles. The number of furan rings is 1. The van der Waals surface area contributed by atoms with E-state index in [-0.39, 0.29) is 5.38 Å². The van der Waals surface area contributed by atoms with E-state index >= 15 is 0 Å². The van der Waals surface area contributed by atoms with Crippen LogP contribution in [-0.4, -0.2) is 0 Å². The Hall–Kier alpha value is -1.21. The summed E-state index contributed by atoms with van der Waals surface area (Å²) in [5, 5.41) is -0.121. The zero-order chi connectivity index (χ0) is 13.0. The van der Waals surface area contributed by atoms with Crippen molar-refractivity contribution in [3.63, 3.8) is 0 Å². The molecule has 0 aliphatic heterocycles. The Kier molecular flexibility index (Phi) is 4.48. The van der Waals surface area contributed by atoms with E-state index in [1.54, 1.807) is 6.26 Å². The van der Waals surface area contributed by atoms with Crippen molar-refractivity contribution in [3.05, 3.63) is 59.0 Å². The molecule has 0 radical (unpaired) electrons. The Morgan fingerprint density at radius 1 is 1.17 bits per heavy atom. The van der Waals surface area contributed by atoms with E-state index in [0.29, 0.717) is 0 Å². The minimum Gasteiger partial charge on any atom is -0.469 e. The predicted molar refractivity (Wildman–Crippen MR) is 76.2 cm³/mol. The minimum absolute atomic E-state index is 0.121. The van der Waals surface area contributed by atoms with E-state index in [1.165, 1.54) is 18.4 Å². The van der Waals surface area contributed by atoms with Crippen LogP contribution in [0.1, 0.15) is 47.6 Å². The monoisotopic (exact) mass is 262 g/mol. The first-order chi connectivity index (χ1) is 8.72. The fraction of sp³-hybridized carbons (Fsp3) is 0.375. The third-order valence-corrected chi connectivity index (χ3v) is 3.75. The highest BCUT2D eigenvalue weighted by atomic mass is 35.5. The van der Waals surface area contributed by atoms with E-state index in [0.717, 1.165) is 23.3 Å².